The van der Waals surface area contributed by atoms with Crippen LogP contribution in [0.2, 0.25) is 0 Å². The number of aliphatic hydroxyl groups excluding tert-OH is 1. The van der Waals surface area contributed by atoms with Crippen molar-refractivity contribution in [3.8, 4) is 11.1 Å². The number of rotatable bonds is 5. The van der Waals surface area contributed by atoms with Gasteiger partial charge in [-0.2, -0.15) is 0 Å². The van der Waals surface area contributed by atoms with E-state index in [1.54, 1.807) is 0 Å². The molecule has 0 bridgehead atoms. The maximum atomic E-state index is 9.02. The van der Waals surface area contributed by atoms with E-state index in [9.17, 15) is 0 Å². The maximum absolute atomic E-state index is 9.02. The second-order valence-corrected chi connectivity index (χ2v) is 4.22. The summed E-state index contributed by atoms with van der Waals surface area (Å²) in [6.07, 6.45) is 0. The standard InChI is InChI=1S/C16H19NO/c1-2-17(12-13-18)16-10-8-15(9-11-16)14-6-4-3-5-7-14/h3-11,18H,2,12-13H2,1H3. The van der Waals surface area contributed by atoms with Crippen molar-refractivity contribution >= 4 is 5.69 Å². The van der Waals surface area contributed by atoms with E-state index in [0.717, 1.165) is 12.2 Å². The maximum Gasteiger partial charge on any atom is 0.0606 e. The van der Waals surface area contributed by atoms with Gasteiger partial charge in [0.2, 0.25) is 0 Å². The van der Waals surface area contributed by atoms with E-state index in [-0.39, 0.29) is 6.61 Å². The highest BCUT2D eigenvalue weighted by atomic mass is 16.3. The molecule has 2 aromatic rings. The summed E-state index contributed by atoms with van der Waals surface area (Å²) in [5.41, 5.74) is 3.61. The van der Waals surface area contributed by atoms with Crippen LogP contribution in [0.3, 0.4) is 0 Å². The van der Waals surface area contributed by atoms with Crippen LogP contribution in [0.5, 0.6) is 0 Å². The smallest absolute Gasteiger partial charge is 0.0606 e. The molecule has 0 heterocycles. The first kappa shape index (κ1) is 12.7. The third kappa shape index (κ3) is 2.90. The SMILES string of the molecule is CCN(CCO)c1ccc(-c2ccccc2)cc1. The fourth-order valence-electron chi connectivity index (χ4n) is 2.09. The zero-order valence-corrected chi connectivity index (χ0v) is 10.7. The molecule has 94 valence electrons. The van der Waals surface area contributed by atoms with Crippen LogP contribution in [0.15, 0.2) is 54.6 Å². The molecule has 0 saturated heterocycles. The lowest BCUT2D eigenvalue weighted by atomic mass is 10.1. The Labute approximate surface area is 109 Å². The summed E-state index contributed by atoms with van der Waals surface area (Å²) in [7, 11) is 0. The van der Waals surface area contributed by atoms with Crippen LogP contribution in [-0.4, -0.2) is 24.8 Å². The van der Waals surface area contributed by atoms with Crippen molar-refractivity contribution in [3.63, 3.8) is 0 Å². The molecule has 0 atom stereocenters. The van der Waals surface area contributed by atoms with E-state index in [1.165, 1.54) is 11.1 Å². The molecule has 1 N–H and O–H groups in total. The molecule has 0 radical (unpaired) electrons. The van der Waals surface area contributed by atoms with Gasteiger partial charge in [0, 0.05) is 18.8 Å². The predicted molar refractivity (Wildman–Crippen MR) is 76.9 cm³/mol. The van der Waals surface area contributed by atoms with Crippen LogP contribution in [0.25, 0.3) is 11.1 Å². The number of hydrogen-bond donors (Lipinski definition) is 1. The molecule has 18 heavy (non-hydrogen) atoms. The van der Waals surface area contributed by atoms with Gasteiger partial charge in [-0.1, -0.05) is 42.5 Å². The number of nitrogens with zero attached hydrogens (tertiary/aromatic N) is 1. The van der Waals surface area contributed by atoms with Crippen molar-refractivity contribution in [1.29, 1.82) is 0 Å². The first-order valence-electron chi connectivity index (χ1n) is 6.36. The lowest BCUT2D eigenvalue weighted by Crippen LogP contribution is -2.25. The fourth-order valence-corrected chi connectivity index (χ4v) is 2.09. The summed E-state index contributed by atoms with van der Waals surface area (Å²) in [6, 6.07) is 18.8. The van der Waals surface area contributed by atoms with Crippen LogP contribution < -0.4 is 4.90 Å². The molecule has 2 aromatic carbocycles. The summed E-state index contributed by atoms with van der Waals surface area (Å²) in [5, 5.41) is 9.02. The van der Waals surface area contributed by atoms with Crippen LogP contribution in [0.4, 0.5) is 5.69 Å². The monoisotopic (exact) mass is 241 g/mol. The van der Waals surface area contributed by atoms with Gasteiger partial charge in [0.15, 0.2) is 0 Å². The number of hydrogen-bond acceptors (Lipinski definition) is 2. The fraction of sp³-hybridized carbons (Fsp3) is 0.250. The van der Waals surface area contributed by atoms with Crippen molar-refractivity contribution in [3.05, 3.63) is 54.6 Å². The molecular weight excluding hydrogens is 222 g/mol. The van der Waals surface area contributed by atoms with E-state index < -0.39 is 0 Å². The van der Waals surface area contributed by atoms with Gasteiger partial charge in [-0.3, -0.25) is 0 Å². The molecular formula is C16H19NO. The lowest BCUT2D eigenvalue weighted by Gasteiger charge is -2.22. The summed E-state index contributed by atoms with van der Waals surface area (Å²) in [6.45, 7) is 3.88. The van der Waals surface area contributed by atoms with Crippen molar-refractivity contribution in [2.24, 2.45) is 0 Å². The average Bonchev–Trinajstić information content (AvgIpc) is 2.46. The van der Waals surface area contributed by atoms with Gasteiger partial charge in [-0.05, 0) is 30.2 Å². The molecule has 2 rings (SSSR count). The Kier molecular flexibility index (Phi) is 4.37. The summed E-state index contributed by atoms with van der Waals surface area (Å²) in [5.74, 6) is 0. The van der Waals surface area contributed by atoms with Crippen molar-refractivity contribution < 1.29 is 5.11 Å². The lowest BCUT2D eigenvalue weighted by molar-refractivity contribution is 0.302. The van der Waals surface area contributed by atoms with Crippen LogP contribution in [-0.2, 0) is 0 Å². The van der Waals surface area contributed by atoms with Crippen molar-refractivity contribution in [2.75, 3.05) is 24.6 Å². The third-order valence-corrected chi connectivity index (χ3v) is 3.09. The highest BCUT2D eigenvalue weighted by molar-refractivity contribution is 5.66. The normalized spacial score (nSPS) is 10.3. The van der Waals surface area contributed by atoms with Gasteiger partial charge in [-0.15, -0.1) is 0 Å². The minimum atomic E-state index is 0.189. The zero-order valence-electron chi connectivity index (χ0n) is 10.7. The Bertz CT molecular complexity index is 464. The van der Waals surface area contributed by atoms with Gasteiger partial charge in [0.05, 0.1) is 6.61 Å². The van der Waals surface area contributed by atoms with Crippen molar-refractivity contribution in [2.45, 2.75) is 6.92 Å². The van der Waals surface area contributed by atoms with Crippen LogP contribution in [0, 0.1) is 0 Å². The van der Waals surface area contributed by atoms with Gasteiger partial charge < -0.3 is 10.0 Å². The molecule has 0 aromatic heterocycles. The first-order chi connectivity index (χ1) is 8.85. The second-order valence-electron chi connectivity index (χ2n) is 4.22. The summed E-state index contributed by atoms with van der Waals surface area (Å²) >= 11 is 0. The molecule has 0 amide bonds. The molecule has 0 aliphatic heterocycles. The van der Waals surface area contributed by atoms with Gasteiger partial charge in [0.25, 0.3) is 0 Å². The largest absolute Gasteiger partial charge is 0.395 e. The molecule has 2 nitrogen and oxygen atoms in total. The highest BCUT2D eigenvalue weighted by Crippen LogP contribution is 2.22. The third-order valence-electron chi connectivity index (χ3n) is 3.09. The molecule has 0 aliphatic rings. The Hall–Kier alpha value is -1.80. The molecule has 0 aliphatic carbocycles. The molecule has 0 unspecified atom stereocenters. The van der Waals surface area contributed by atoms with Crippen molar-refractivity contribution in [1.82, 2.24) is 0 Å². The topological polar surface area (TPSA) is 23.5 Å². The number of aliphatic hydroxyl groups is 1. The van der Waals surface area contributed by atoms with E-state index in [0.29, 0.717) is 6.54 Å². The summed E-state index contributed by atoms with van der Waals surface area (Å²) in [4.78, 5) is 2.16. The molecule has 0 saturated carbocycles. The van der Waals surface area contributed by atoms with E-state index >= 15 is 0 Å². The summed E-state index contributed by atoms with van der Waals surface area (Å²) < 4.78 is 0. The zero-order chi connectivity index (χ0) is 12.8. The van der Waals surface area contributed by atoms with Crippen LogP contribution >= 0.6 is 0 Å². The minimum Gasteiger partial charge on any atom is -0.395 e. The number of likely N-dealkylation sites (N-methyl/N-ethyl adjacent to an activating group) is 1. The van der Waals surface area contributed by atoms with E-state index in [1.807, 2.05) is 18.2 Å². The quantitative estimate of drug-likeness (QED) is 0.869. The Morgan fingerprint density at radius 3 is 2.06 bits per heavy atom. The van der Waals surface area contributed by atoms with Gasteiger partial charge in [0.1, 0.15) is 0 Å². The first-order valence-corrected chi connectivity index (χ1v) is 6.36. The minimum absolute atomic E-state index is 0.189. The Morgan fingerprint density at radius 1 is 0.889 bits per heavy atom. The van der Waals surface area contributed by atoms with Gasteiger partial charge >= 0.3 is 0 Å². The van der Waals surface area contributed by atoms with E-state index in [4.69, 9.17) is 5.11 Å². The number of anilines is 1. The average molecular weight is 241 g/mol. The predicted octanol–water partition coefficient (Wildman–Crippen LogP) is 3.17. The Morgan fingerprint density at radius 2 is 1.50 bits per heavy atom. The molecule has 0 spiro atoms. The second kappa shape index (κ2) is 6.22. The molecule has 0 fully saturated rings. The Balaban J connectivity index is 2.19. The van der Waals surface area contributed by atoms with Gasteiger partial charge in [-0.25, -0.2) is 0 Å². The van der Waals surface area contributed by atoms with Crippen LogP contribution in [0.1, 0.15) is 6.92 Å². The molecule has 2 heteroatoms. The number of benzene rings is 2. The van der Waals surface area contributed by atoms with E-state index in [2.05, 4.69) is 48.2 Å². The highest BCUT2D eigenvalue weighted by Gasteiger charge is 2.03.